The van der Waals surface area contributed by atoms with Crippen molar-refractivity contribution in [2.45, 2.75) is 0 Å². The monoisotopic (exact) mass is 570 g/mol. The molecule has 5 heteroatoms. The number of nitrogens with zero attached hydrogens (tertiary/aromatic N) is 2. The summed E-state index contributed by atoms with van der Waals surface area (Å²) in [4.78, 5) is 4.54. The van der Waals surface area contributed by atoms with Crippen molar-refractivity contribution >= 4 is 78.7 Å². The first-order chi connectivity index (χ1) is 21.2. The molecule has 0 amide bonds. The molecule has 3 heterocycles. The van der Waals surface area contributed by atoms with Crippen LogP contribution in [0.1, 0.15) is 0 Å². The van der Waals surface area contributed by atoms with E-state index in [1.807, 2.05) is 36.4 Å². The fraction of sp³-hybridized carbons (Fsp3) is 0. The van der Waals surface area contributed by atoms with Crippen LogP contribution in [0.5, 0.6) is 11.5 Å². The molecule has 0 atom stereocenters. The van der Waals surface area contributed by atoms with Crippen molar-refractivity contribution in [3.63, 3.8) is 0 Å². The molecule has 0 saturated carbocycles. The van der Waals surface area contributed by atoms with Crippen LogP contribution in [0.2, 0.25) is 0 Å². The van der Waals surface area contributed by atoms with E-state index in [-0.39, 0.29) is 0 Å². The van der Waals surface area contributed by atoms with E-state index in [4.69, 9.17) is 4.74 Å². The van der Waals surface area contributed by atoms with Crippen LogP contribution >= 0.6 is 7.14 Å². The second-order valence-corrected chi connectivity index (χ2v) is 13.8. The van der Waals surface area contributed by atoms with E-state index in [0.29, 0.717) is 11.5 Å². The number of anilines is 6. The maximum absolute atomic E-state index is 16.5. The van der Waals surface area contributed by atoms with Gasteiger partial charge in [-0.1, -0.05) is 91.0 Å². The van der Waals surface area contributed by atoms with Crippen molar-refractivity contribution < 1.29 is 9.30 Å². The molecule has 0 fully saturated rings. The third-order valence-corrected chi connectivity index (χ3v) is 12.3. The van der Waals surface area contributed by atoms with Crippen molar-refractivity contribution in [3.8, 4) is 11.5 Å². The van der Waals surface area contributed by atoms with Crippen molar-refractivity contribution in [3.05, 3.63) is 140 Å². The molecular weight excluding hydrogens is 547 g/mol. The molecule has 202 valence electrons. The minimum absolute atomic E-state index is 0.695. The highest BCUT2D eigenvalue weighted by molar-refractivity contribution is 7.87. The summed E-state index contributed by atoms with van der Waals surface area (Å²) in [7, 11) is -3.42. The molecule has 10 rings (SSSR count). The van der Waals surface area contributed by atoms with Gasteiger partial charge in [-0.2, -0.15) is 0 Å². The summed E-state index contributed by atoms with van der Waals surface area (Å²) in [6.45, 7) is 0. The molecule has 0 N–H and O–H groups in total. The maximum atomic E-state index is 16.5. The lowest BCUT2D eigenvalue weighted by atomic mass is 10.0. The summed E-state index contributed by atoms with van der Waals surface area (Å²) in [5.41, 5.74) is 5.72. The minimum Gasteiger partial charge on any atom is -0.454 e. The summed E-state index contributed by atoms with van der Waals surface area (Å²) in [6.07, 6.45) is 0. The predicted molar refractivity (Wildman–Crippen MR) is 177 cm³/mol. The molecular formula is C38H23N2O2P. The lowest BCUT2D eigenvalue weighted by Crippen LogP contribution is -2.45. The molecule has 3 aliphatic heterocycles. The molecule has 0 bridgehead atoms. The van der Waals surface area contributed by atoms with E-state index in [1.54, 1.807) is 0 Å². The van der Waals surface area contributed by atoms with Gasteiger partial charge in [0.2, 0.25) is 0 Å². The highest BCUT2D eigenvalue weighted by Gasteiger charge is 2.54. The van der Waals surface area contributed by atoms with E-state index in [0.717, 1.165) is 71.6 Å². The zero-order valence-electron chi connectivity index (χ0n) is 22.9. The number of ether oxygens (including phenoxy) is 1. The van der Waals surface area contributed by atoms with Gasteiger partial charge in [0, 0.05) is 22.1 Å². The average Bonchev–Trinajstić information content (AvgIpc) is 3.05. The first-order valence-electron chi connectivity index (χ1n) is 14.5. The summed E-state index contributed by atoms with van der Waals surface area (Å²) in [6, 6.07) is 48.0. The molecule has 7 aromatic carbocycles. The normalized spacial score (nSPS) is 14.9. The Morgan fingerprint density at radius 3 is 1.37 bits per heavy atom. The summed E-state index contributed by atoms with van der Waals surface area (Å²) >= 11 is 0. The fourth-order valence-corrected chi connectivity index (χ4v) is 10.9. The van der Waals surface area contributed by atoms with Gasteiger partial charge in [0.1, 0.15) is 11.5 Å². The van der Waals surface area contributed by atoms with Gasteiger partial charge in [0.15, 0.2) is 7.14 Å². The van der Waals surface area contributed by atoms with Crippen LogP contribution in [-0.4, -0.2) is 0 Å². The number of benzene rings is 7. The van der Waals surface area contributed by atoms with Gasteiger partial charge in [-0.05, 0) is 59.3 Å². The number of hydrogen-bond acceptors (Lipinski definition) is 4. The van der Waals surface area contributed by atoms with Crippen LogP contribution in [0.25, 0.3) is 21.5 Å². The Morgan fingerprint density at radius 2 is 0.884 bits per heavy atom. The molecule has 43 heavy (non-hydrogen) atoms. The highest BCUT2D eigenvalue weighted by Crippen LogP contribution is 2.67. The first-order valence-corrected chi connectivity index (χ1v) is 16.2. The van der Waals surface area contributed by atoms with Crippen LogP contribution in [0.15, 0.2) is 140 Å². The first kappa shape index (κ1) is 23.3. The molecule has 0 saturated heterocycles. The molecule has 0 unspecified atom stereocenters. The highest BCUT2D eigenvalue weighted by atomic mass is 31.2. The van der Waals surface area contributed by atoms with Gasteiger partial charge < -0.3 is 19.1 Å². The van der Waals surface area contributed by atoms with Crippen molar-refractivity contribution in [2.75, 3.05) is 9.80 Å². The fourth-order valence-electron chi connectivity index (χ4n) is 7.35. The second-order valence-electron chi connectivity index (χ2n) is 11.3. The number of para-hydroxylation sites is 2. The number of fused-ring (bicyclic) bond motifs is 4. The Hall–Kier alpha value is -5.31. The van der Waals surface area contributed by atoms with Crippen molar-refractivity contribution in [2.24, 2.45) is 0 Å². The summed E-state index contributed by atoms with van der Waals surface area (Å²) in [5, 5.41) is 6.47. The topological polar surface area (TPSA) is 32.8 Å². The Balaban J connectivity index is 1.45. The SMILES string of the molecule is O=P12c3c4cccc3N(c3ccccc3)c3cc5ccccc5c(c31)Oc1c2c(cc2ccccc12)N4c1ccccc1. The van der Waals surface area contributed by atoms with Gasteiger partial charge in [0.25, 0.3) is 0 Å². The third kappa shape index (κ3) is 2.84. The molecule has 0 spiro atoms. The largest absolute Gasteiger partial charge is 0.454 e. The quantitative estimate of drug-likeness (QED) is 0.194. The maximum Gasteiger partial charge on any atom is 0.186 e. The van der Waals surface area contributed by atoms with E-state index in [2.05, 4.69) is 113 Å². The molecule has 7 aromatic rings. The minimum atomic E-state index is -3.42. The Morgan fingerprint density at radius 1 is 0.442 bits per heavy atom. The van der Waals surface area contributed by atoms with Crippen LogP contribution in [0, 0.1) is 0 Å². The molecule has 0 aliphatic carbocycles. The van der Waals surface area contributed by atoms with Crippen LogP contribution in [0.3, 0.4) is 0 Å². The van der Waals surface area contributed by atoms with Gasteiger partial charge in [-0.3, -0.25) is 0 Å². The van der Waals surface area contributed by atoms with E-state index < -0.39 is 7.14 Å². The zero-order valence-corrected chi connectivity index (χ0v) is 23.8. The van der Waals surface area contributed by atoms with E-state index in [1.165, 1.54) is 0 Å². The standard InChI is InChI=1S/C38H23N2O2P/c41-43-36-30-20-11-21-31(36)40(27-16-5-2-6-17-27)33-23-25-13-8-10-19-29(25)35(38(33)43)42-34-28-18-9-7-12-24(28)22-32(37(34)43)39(30)26-14-3-1-4-15-26/h1-23H. The van der Waals surface area contributed by atoms with E-state index >= 15 is 4.57 Å². The van der Waals surface area contributed by atoms with Gasteiger partial charge >= 0.3 is 0 Å². The van der Waals surface area contributed by atoms with Gasteiger partial charge in [-0.15, -0.1) is 0 Å². The van der Waals surface area contributed by atoms with Gasteiger partial charge in [0.05, 0.1) is 38.7 Å². The number of rotatable bonds is 2. The Labute approximate surface area is 248 Å². The van der Waals surface area contributed by atoms with Crippen molar-refractivity contribution in [1.82, 2.24) is 0 Å². The second kappa shape index (κ2) is 8.16. The lowest BCUT2D eigenvalue weighted by molar-refractivity contribution is 0.496. The van der Waals surface area contributed by atoms with Crippen LogP contribution in [-0.2, 0) is 4.57 Å². The number of hydrogen-bond donors (Lipinski definition) is 0. The summed E-state index contributed by atoms with van der Waals surface area (Å²) in [5.74, 6) is 1.39. The molecule has 0 radical (unpaired) electrons. The smallest absolute Gasteiger partial charge is 0.186 e. The van der Waals surface area contributed by atoms with Crippen LogP contribution < -0.4 is 30.5 Å². The average molecular weight is 571 g/mol. The van der Waals surface area contributed by atoms with Crippen molar-refractivity contribution in [1.29, 1.82) is 0 Å². The molecule has 3 aliphatic rings. The Bertz CT molecular complexity index is 2210. The Kier molecular flexibility index (Phi) is 4.42. The zero-order chi connectivity index (χ0) is 28.3. The molecule has 0 aromatic heterocycles. The van der Waals surface area contributed by atoms with E-state index in [9.17, 15) is 0 Å². The molecule has 4 nitrogen and oxygen atoms in total. The predicted octanol–water partition coefficient (Wildman–Crippen LogP) is 9.30. The van der Waals surface area contributed by atoms with Crippen LogP contribution in [0.4, 0.5) is 34.1 Å². The summed E-state index contributed by atoms with van der Waals surface area (Å²) < 4.78 is 23.6. The lowest BCUT2D eigenvalue weighted by Gasteiger charge is -2.47. The third-order valence-electron chi connectivity index (χ3n) is 9.05. The van der Waals surface area contributed by atoms with Gasteiger partial charge in [-0.25, -0.2) is 0 Å².